The molecule has 0 saturated carbocycles. The van der Waals surface area contributed by atoms with Crippen molar-refractivity contribution in [1.29, 1.82) is 0 Å². The maximum atomic E-state index is 13.1. The number of benzene rings is 2. The Morgan fingerprint density at radius 3 is 2.62 bits per heavy atom. The first-order valence-electron chi connectivity index (χ1n) is 9.79. The molecule has 2 unspecified atom stereocenters. The van der Waals surface area contributed by atoms with E-state index < -0.39 is 16.1 Å². The zero-order valence-corrected chi connectivity index (χ0v) is 17.0. The predicted octanol–water partition coefficient (Wildman–Crippen LogP) is 2.98. The Labute approximate surface area is 170 Å². The van der Waals surface area contributed by atoms with Gasteiger partial charge in [0, 0.05) is 6.54 Å². The minimum atomic E-state index is -3.73. The molecule has 0 aliphatic carbocycles. The number of aromatic amines is 1. The van der Waals surface area contributed by atoms with E-state index in [2.05, 4.69) is 15.3 Å². The number of rotatable bonds is 5. The second kappa shape index (κ2) is 7.96. The summed E-state index contributed by atoms with van der Waals surface area (Å²) in [6.45, 7) is 2.18. The van der Waals surface area contributed by atoms with Gasteiger partial charge in [0.05, 0.1) is 22.0 Å². The van der Waals surface area contributed by atoms with Crippen LogP contribution in [-0.4, -0.2) is 41.2 Å². The van der Waals surface area contributed by atoms with Crippen molar-refractivity contribution >= 4 is 27.0 Å². The monoisotopic (exact) mass is 412 g/mol. The molecular formula is C21H24N4O3S. The van der Waals surface area contributed by atoms with Crippen molar-refractivity contribution in [3.8, 4) is 0 Å². The molecule has 8 heteroatoms. The SMILES string of the molecule is CC(NC(=O)C1CCCCN1S(=O)(=O)c1ccccc1)c1nc2ccccc2[nH]1. The van der Waals surface area contributed by atoms with Crippen LogP contribution in [0.25, 0.3) is 11.0 Å². The van der Waals surface area contributed by atoms with Crippen LogP contribution in [0.2, 0.25) is 0 Å². The summed E-state index contributed by atoms with van der Waals surface area (Å²) >= 11 is 0. The highest BCUT2D eigenvalue weighted by Gasteiger charge is 2.38. The van der Waals surface area contributed by atoms with Crippen LogP contribution in [0.1, 0.15) is 38.1 Å². The molecule has 2 N–H and O–H groups in total. The number of piperidine rings is 1. The molecular weight excluding hydrogens is 388 g/mol. The van der Waals surface area contributed by atoms with Gasteiger partial charge in [-0.1, -0.05) is 36.8 Å². The minimum absolute atomic E-state index is 0.213. The number of carbonyl (C=O) groups excluding carboxylic acids is 1. The van der Waals surface area contributed by atoms with E-state index in [1.165, 1.54) is 4.31 Å². The van der Waals surface area contributed by atoms with Crippen molar-refractivity contribution in [2.24, 2.45) is 0 Å². The number of amides is 1. The second-order valence-corrected chi connectivity index (χ2v) is 9.20. The highest BCUT2D eigenvalue weighted by atomic mass is 32.2. The van der Waals surface area contributed by atoms with Crippen molar-refractivity contribution < 1.29 is 13.2 Å². The van der Waals surface area contributed by atoms with Crippen molar-refractivity contribution in [2.75, 3.05) is 6.54 Å². The van der Waals surface area contributed by atoms with Crippen LogP contribution >= 0.6 is 0 Å². The molecule has 1 amide bonds. The normalized spacial score (nSPS) is 19.1. The Bertz CT molecular complexity index is 1080. The van der Waals surface area contributed by atoms with Crippen LogP contribution in [0.4, 0.5) is 0 Å². The number of nitrogens with one attached hydrogen (secondary N) is 2. The van der Waals surface area contributed by atoms with Gasteiger partial charge in [-0.05, 0) is 44.0 Å². The van der Waals surface area contributed by atoms with Crippen LogP contribution in [0, 0.1) is 0 Å². The van der Waals surface area contributed by atoms with E-state index in [1.807, 2.05) is 31.2 Å². The number of aromatic nitrogens is 2. The second-order valence-electron chi connectivity index (χ2n) is 7.31. The van der Waals surface area contributed by atoms with E-state index in [0.29, 0.717) is 18.8 Å². The summed E-state index contributed by atoms with van der Waals surface area (Å²) in [6, 6.07) is 14.9. The molecule has 7 nitrogen and oxygen atoms in total. The summed E-state index contributed by atoms with van der Waals surface area (Å²) in [7, 11) is -3.73. The van der Waals surface area contributed by atoms with E-state index in [4.69, 9.17) is 0 Å². The number of fused-ring (bicyclic) bond motifs is 1. The highest BCUT2D eigenvalue weighted by molar-refractivity contribution is 7.89. The number of nitrogens with zero attached hydrogens (tertiary/aromatic N) is 2. The molecule has 2 heterocycles. The summed E-state index contributed by atoms with van der Waals surface area (Å²) in [6.07, 6.45) is 2.07. The third kappa shape index (κ3) is 3.90. The molecule has 152 valence electrons. The van der Waals surface area contributed by atoms with E-state index >= 15 is 0 Å². The molecule has 3 aromatic rings. The van der Waals surface area contributed by atoms with Gasteiger partial charge in [0.25, 0.3) is 0 Å². The van der Waals surface area contributed by atoms with E-state index in [1.54, 1.807) is 30.3 Å². The van der Waals surface area contributed by atoms with Gasteiger partial charge in [0.1, 0.15) is 11.9 Å². The van der Waals surface area contributed by atoms with Crippen molar-refractivity contribution in [1.82, 2.24) is 19.6 Å². The van der Waals surface area contributed by atoms with Crippen molar-refractivity contribution in [2.45, 2.75) is 43.2 Å². The van der Waals surface area contributed by atoms with Crippen LogP contribution in [0.5, 0.6) is 0 Å². The summed E-state index contributed by atoms with van der Waals surface area (Å²) in [5, 5.41) is 2.94. The summed E-state index contributed by atoms with van der Waals surface area (Å²) in [5.74, 6) is 0.352. The average Bonchev–Trinajstić information content (AvgIpc) is 3.19. The van der Waals surface area contributed by atoms with Gasteiger partial charge in [-0.2, -0.15) is 4.31 Å². The lowest BCUT2D eigenvalue weighted by Crippen LogP contribution is -2.52. The van der Waals surface area contributed by atoms with E-state index in [-0.39, 0.29) is 16.8 Å². The number of sulfonamides is 1. The maximum absolute atomic E-state index is 13.1. The molecule has 0 spiro atoms. The highest BCUT2D eigenvalue weighted by Crippen LogP contribution is 2.26. The number of H-pyrrole nitrogens is 1. The number of carbonyl (C=O) groups is 1. The zero-order chi connectivity index (χ0) is 20.4. The Morgan fingerprint density at radius 1 is 1.14 bits per heavy atom. The lowest BCUT2D eigenvalue weighted by Gasteiger charge is -2.34. The summed E-state index contributed by atoms with van der Waals surface area (Å²) in [4.78, 5) is 21.0. The Balaban J connectivity index is 1.54. The summed E-state index contributed by atoms with van der Waals surface area (Å²) < 4.78 is 27.5. The van der Waals surface area contributed by atoms with Gasteiger partial charge >= 0.3 is 0 Å². The predicted molar refractivity (Wildman–Crippen MR) is 111 cm³/mol. The molecule has 0 bridgehead atoms. The fraction of sp³-hybridized carbons (Fsp3) is 0.333. The number of para-hydroxylation sites is 2. The smallest absolute Gasteiger partial charge is 0.243 e. The Morgan fingerprint density at radius 2 is 1.86 bits per heavy atom. The van der Waals surface area contributed by atoms with Gasteiger partial charge < -0.3 is 10.3 Å². The van der Waals surface area contributed by atoms with Gasteiger partial charge in [0.2, 0.25) is 15.9 Å². The first kappa shape index (κ1) is 19.6. The van der Waals surface area contributed by atoms with Gasteiger partial charge in [0.15, 0.2) is 0 Å². The van der Waals surface area contributed by atoms with Gasteiger partial charge in [-0.3, -0.25) is 4.79 Å². The third-order valence-corrected chi connectivity index (χ3v) is 7.21. The molecule has 1 aliphatic heterocycles. The fourth-order valence-corrected chi connectivity index (χ4v) is 5.42. The molecule has 29 heavy (non-hydrogen) atoms. The largest absolute Gasteiger partial charge is 0.345 e. The lowest BCUT2D eigenvalue weighted by atomic mass is 10.0. The third-order valence-electron chi connectivity index (χ3n) is 5.28. The van der Waals surface area contributed by atoms with Crippen LogP contribution in [0.3, 0.4) is 0 Å². The Kier molecular flexibility index (Phi) is 5.38. The Hall–Kier alpha value is -2.71. The maximum Gasteiger partial charge on any atom is 0.243 e. The lowest BCUT2D eigenvalue weighted by molar-refractivity contribution is -0.126. The zero-order valence-electron chi connectivity index (χ0n) is 16.2. The molecule has 4 rings (SSSR count). The number of hydrogen-bond acceptors (Lipinski definition) is 4. The molecule has 1 fully saturated rings. The first-order valence-corrected chi connectivity index (χ1v) is 11.2. The number of imidazole rings is 1. The van der Waals surface area contributed by atoms with Crippen molar-refractivity contribution in [3.05, 3.63) is 60.4 Å². The summed E-state index contributed by atoms with van der Waals surface area (Å²) in [5.41, 5.74) is 1.73. The van der Waals surface area contributed by atoms with Gasteiger partial charge in [-0.25, -0.2) is 13.4 Å². The topological polar surface area (TPSA) is 95.2 Å². The molecule has 2 aromatic carbocycles. The number of hydrogen-bond donors (Lipinski definition) is 2. The van der Waals surface area contributed by atoms with E-state index in [0.717, 1.165) is 23.9 Å². The minimum Gasteiger partial charge on any atom is -0.345 e. The van der Waals surface area contributed by atoms with Crippen LogP contribution < -0.4 is 5.32 Å². The fourth-order valence-electron chi connectivity index (χ4n) is 3.74. The van der Waals surface area contributed by atoms with Crippen molar-refractivity contribution in [3.63, 3.8) is 0 Å². The molecule has 1 aliphatic rings. The van der Waals surface area contributed by atoms with Crippen LogP contribution in [0.15, 0.2) is 59.5 Å². The van der Waals surface area contributed by atoms with Crippen LogP contribution in [-0.2, 0) is 14.8 Å². The standard InChI is InChI=1S/C21H24N4O3S/c1-15(20-23-17-11-5-6-12-18(17)24-20)22-21(26)19-13-7-8-14-25(19)29(27,28)16-9-3-2-4-10-16/h2-6,9-12,15,19H,7-8,13-14H2,1H3,(H,22,26)(H,23,24). The molecule has 0 radical (unpaired) electrons. The van der Waals surface area contributed by atoms with E-state index in [9.17, 15) is 13.2 Å². The molecule has 2 atom stereocenters. The first-order chi connectivity index (χ1) is 14.0. The average molecular weight is 413 g/mol. The van der Waals surface area contributed by atoms with Gasteiger partial charge in [-0.15, -0.1) is 0 Å². The molecule has 1 saturated heterocycles. The quantitative estimate of drug-likeness (QED) is 0.673. The molecule has 1 aromatic heterocycles.